The van der Waals surface area contributed by atoms with Crippen molar-refractivity contribution in [3.63, 3.8) is 0 Å². The van der Waals surface area contributed by atoms with E-state index in [1.165, 1.54) is 23.4 Å². The van der Waals surface area contributed by atoms with Gasteiger partial charge in [-0.25, -0.2) is 14.1 Å². The van der Waals surface area contributed by atoms with Crippen molar-refractivity contribution < 1.29 is 9.18 Å². The van der Waals surface area contributed by atoms with Gasteiger partial charge in [-0.05, 0) is 42.8 Å². The fraction of sp³-hybridized carbons (Fsp3) is 0.167. The zero-order chi connectivity index (χ0) is 18.0. The number of nitrogens with zero attached hydrogens (tertiary/aromatic N) is 4. The van der Waals surface area contributed by atoms with Gasteiger partial charge < -0.3 is 4.90 Å². The Bertz CT molecular complexity index is 881. The lowest BCUT2D eigenvalue weighted by atomic mass is 10.1. The van der Waals surface area contributed by atoms with E-state index in [2.05, 4.69) is 10.1 Å². The van der Waals surface area contributed by atoms with Gasteiger partial charge in [-0.15, -0.1) is 0 Å². The Hall–Kier alpha value is -2.73. The Morgan fingerprint density at radius 1 is 1.24 bits per heavy atom. The van der Waals surface area contributed by atoms with E-state index in [1.54, 1.807) is 18.1 Å². The number of carbonyl (C=O) groups excluding carboxylic acids is 1. The van der Waals surface area contributed by atoms with Crippen LogP contribution in [0.5, 0.6) is 0 Å². The number of rotatable bonds is 4. The summed E-state index contributed by atoms with van der Waals surface area (Å²) >= 11 is 5.74. The van der Waals surface area contributed by atoms with E-state index in [-0.39, 0.29) is 16.6 Å². The summed E-state index contributed by atoms with van der Waals surface area (Å²) in [5, 5.41) is 4.33. The minimum absolute atomic E-state index is 0.00187. The second-order valence-corrected chi connectivity index (χ2v) is 6.08. The summed E-state index contributed by atoms with van der Waals surface area (Å²) in [5.74, 6) is -1.03. The highest BCUT2D eigenvalue weighted by molar-refractivity contribution is 6.30. The summed E-state index contributed by atoms with van der Waals surface area (Å²) in [7, 11) is 1.65. The Morgan fingerprint density at radius 2 is 1.96 bits per heavy atom. The average Bonchev–Trinajstić information content (AvgIpc) is 3.15. The molecule has 5 nitrogen and oxygen atoms in total. The molecule has 3 rings (SSSR count). The van der Waals surface area contributed by atoms with Crippen molar-refractivity contribution in [2.24, 2.45) is 0 Å². The number of halogens is 2. The van der Waals surface area contributed by atoms with Crippen molar-refractivity contribution in [3.05, 3.63) is 77.1 Å². The van der Waals surface area contributed by atoms with Gasteiger partial charge in [0.25, 0.3) is 5.91 Å². The Balaban J connectivity index is 1.79. The minimum atomic E-state index is -0.627. The standard InChI is InChI=1S/C18H16ClFN4O/c1-12(13-3-6-15(7-4-13)24-11-21-10-22-24)23(2)18(25)16-8-5-14(19)9-17(16)20/h3-12H,1-2H3. The lowest BCUT2D eigenvalue weighted by Gasteiger charge is -2.26. The molecule has 1 aromatic heterocycles. The highest BCUT2D eigenvalue weighted by Crippen LogP contribution is 2.23. The van der Waals surface area contributed by atoms with Crippen molar-refractivity contribution >= 4 is 17.5 Å². The van der Waals surface area contributed by atoms with Crippen LogP contribution in [-0.4, -0.2) is 32.6 Å². The zero-order valence-corrected chi connectivity index (χ0v) is 14.5. The van der Waals surface area contributed by atoms with E-state index < -0.39 is 11.7 Å². The molecule has 1 heterocycles. The first-order valence-corrected chi connectivity index (χ1v) is 8.02. The van der Waals surface area contributed by atoms with Crippen molar-refractivity contribution in [1.82, 2.24) is 19.7 Å². The first-order chi connectivity index (χ1) is 12.0. The van der Waals surface area contributed by atoms with E-state index in [0.717, 1.165) is 17.3 Å². The van der Waals surface area contributed by atoms with E-state index in [1.807, 2.05) is 31.2 Å². The Morgan fingerprint density at radius 3 is 2.56 bits per heavy atom. The molecule has 0 fully saturated rings. The van der Waals surface area contributed by atoms with Crippen LogP contribution in [0.3, 0.4) is 0 Å². The smallest absolute Gasteiger partial charge is 0.257 e. The molecule has 3 aromatic rings. The number of benzene rings is 2. The Labute approximate surface area is 149 Å². The molecular formula is C18H16ClFN4O. The van der Waals surface area contributed by atoms with E-state index in [4.69, 9.17) is 11.6 Å². The second-order valence-electron chi connectivity index (χ2n) is 5.65. The minimum Gasteiger partial charge on any atom is -0.335 e. The third-order valence-electron chi connectivity index (χ3n) is 4.12. The highest BCUT2D eigenvalue weighted by atomic mass is 35.5. The molecule has 0 N–H and O–H groups in total. The molecule has 0 aliphatic rings. The fourth-order valence-corrected chi connectivity index (χ4v) is 2.66. The number of amides is 1. The van der Waals surface area contributed by atoms with Crippen LogP contribution in [0.2, 0.25) is 5.02 Å². The third-order valence-corrected chi connectivity index (χ3v) is 4.36. The first kappa shape index (κ1) is 17.1. The predicted octanol–water partition coefficient (Wildman–Crippen LogP) is 3.89. The first-order valence-electron chi connectivity index (χ1n) is 7.64. The molecule has 0 saturated heterocycles. The molecule has 0 aliphatic carbocycles. The lowest BCUT2D eigenvalue weighted by molar-refractivity contribution is 0.0738. The van der Waals surface area contributed by atoms with Gasteiger partial charge in [0.05, 0.1) is 17.3 Å². The fourth-order valence-electron chi connectivity index (χ4n) is 2.50. The van der Waals surface area contributed by atoms with Crippen LogP contribution < -0.4 is 0 Å². The molecule has 1 atom stereocenters. The van der Waals surface area contributed by atoms with Crippen molar-refractivity contribution in [2.45, 2.75) is 13.0 Å². The number of aromatic nitrogens is 3. The Kier molecular flexibility index (Phi) is 4.81. The van der Waals surface area contributed by atoms with Crippen molar-refractivity contribution in [1.29, 1.82) is 0 Å². The highest BCUT2D eigenvalue weighted by Gasteiger charge is 2.21. The van der Waals surface area contributed by atoms with Gasteiger partial charge in [0.2, 0.25) is 0 Å². The predicted molar refractivity (Wildman–Crippen MR) is 93.3 cm³/mol. The van der Waals surface area contributed by atoms with Crippen LogP contribution in [0, 0.1) is 5.82 Å². The molecule has 0 saturated carbocycles. The van der Waals surface area contributed by atoms with Gasteiger partial charge in [0.1, 0.15) is 18.5 Å². The summed E-state index contributed by atoms with van der Waals surface area (Å²) < 4.78 is 15.6. The van der Waals surface area contributed by atoms with Gasteiger partial charge in [-0.1, -0.05) is 23.7 Å². The maximum atomic E-state index is 14.0. The van der Waals surface area contributed by atoms with Gasteiger partial charge in [-0.3, -0.25) is 4.79 Å². The lowest BCUT2D eigenvalue weighted by Crippen LogP contribution is -2.30. The number of carbonyl (C=O) groups is 1. The summed E-state index contributed by atoms with van der Waals surface area (Å²) in [6.07, 6.45) is 3.07. The largest absolute Gasteiger partial charge is 0.335 e. The van der Waals surface area contributed by atoms with Gasteiger partial charge >= 0.3 is 0 Å². The van der Waals surface area contributed by atoms with Crippen molar-refractivity contribution in [3.8, 4) is 5.69 Å². The summed E-state index contributed by atoms with van der Waals surface area (Å²) in [4.78, 5) is 18.0. The summed E-state index contributed by atoms with van der Waals surface area (Å²) in [6.45, 7) is 1.89. The second kappa shape index (κ2) is 7.03. The van der Waals surface area contributed by atoms with Crippen molar-refractivity contribution in [2.75, 3.05) is 7.05 Å². The molecule has 2 aromatic carbocycles. The van der Waals surface area contributed by atoms with Crippen LogP contribution in [-0.2, 0) is 0 Å². The van der Waals surface area contributed by atoms with Gasteiger partial charge in [0, 0.05) is 12.1 Å². The van der Waals surface area contributed by atoms with Crippen LogP contribution >= 0.6 is 11.6 Å². The quantitative estimate of drug-likeness (QED) is 0.711. The molecular weight excluding hydrogens is 343 g/mol. The van der Waals surface area contributed by atoms with Crippen LogP contribution in [0.15, 0.2) is 55.1 Å². The normalized spacial score (nSPS) is 12.0. The molecule has 0 aliphatic heterocycles. The molecule has 7 heteroatoms. The number of hydrogen-bond acceptors (Lipinski definition) is 3. The van der Waals surface area contributed by atoms with Crippen LogP contribution in [0.4, 0.5) is 4.39 Å². The molecule has 1 unspecified atom stereocenters. The average molecular weight is 359 g/mol. The van der Waals surface area contributed by atoms with E-state index >= 15 is 0 Å². The molecule has 0 radical (unpaired) electrons. The SMILES string of the molecule is CC(c1ccc(-n2cncn2)cc1)N(C)C(=O)c1ccc(Cl)cc1F. The maximum Gasteiger partial charge on any atom is 0.257 e. The summed E-state index contributed by atoms with van der Waals surface area (Å²) in [6, 6.07) is 11.4. The molecule has 1 amide bonds. The molecule has 25 heavy (non-hydrogen) atoms. The maximum absolute atomic E-state index is 14.0. The van der Waals surface area contributed by atoms with E-state index in [9.17, 15) is 9.18 Å². The van der Waals surface area contributed by atoms with Gasteiger partial charge in [-0.2, -0.15) is 5.10 Å². The topological polar surface area (TPSA) is 51.0 Å². The molecule has 0 bridgehead atoms. The summed E-state index contributed by atoms with van der Waals surface area (Å²) in [5.41, 5.74) is 1.79. The monoisotopic (exact) mass is 358 g/mol. The molecule has 128 valence electrons. The van der Waals surface area contributed by atoms with Crippen LogP contribution in [0.25, 0.3) is 5.69 Å². The van der Waals surface area contributed by atoms with Gasteiger partial charge in [0.15, 0.2) is 0 Å². The number of hydrogen-bond donors (Lipinski definition) is 0. The van der Waals surface area contributed by atoms with E-state index in [0.29, 0.717) is 0 Å². The zero-order valence-electron chi connectivity index (χ0n) is 13.7. The molecule has 0 spiro atoms. The third kappa shape index (κ3) is 3.53. The van der Waals surface area contributed by atoms with Crippen LogP contribution in [0.1, 0.15) is 28.9 Å².